The zero-order valence-electron chi connectivity index (χ0n) is 11.1. The van der Waals surface area contributed by atoms with Gasteiger partial charge in [0.15, 0.2) is 0 Å². The number of rotatable bonds is 4. The lowest BCUT2D eigenvalue weighted by atomic mass is 10.1. The highest BCUT2D eigenvalue weighted by atomic mass is 32.1. The third-order valence-electron chi connectivity index (χ3n) is 3.36. The molecule has 1 aliphatic rings. The van der Waals surface area contributed by atoms with Crippen molar-refractivity contribution < 1.29 is 4.39 Å². The lowest BCUT2D eigenvalue weighted by molar-refractivity contribution is 0.615. The molecule has 1 aliphatic carbocycles. The number of aryl methyl sites for hydroxylation is 1. The Morgan fingerprint density at radius 3 is 2.89 bits per heavy atom. The van der Waals surface area contributed by atoms with E-state index in [2.05, 4.69) is 9.36 Å². The van der Waals surface area contributed by atoms with Crippen molar-refractivity contribution in [3.8, 4) is 0 Å². The fourth-order valence-corrected chi connectivity index (χ4v) is 2.67. The Labute approximate surface area is 116 Å². The fraction of sp³-hybridized carbons (Fsp3) is 0.429. The van der Waals surface area contributed by atoms with Crippen LogP contribution in [0.4, 0.5) is 9.52 Å². The number of aromatic nitrogens is 2. The minimum absolute atomic E-state index is 0.151. The second kappa shape index (κ2) is 4.89. The Bertz CT molecular complexity index is 592. The Balaban J connectivity index is 1.72. The van der Waals surface area contributed by atoms with E-state index in [4.69, 9.17) is 0 Å². The van der Waals surface area contributed by atoms with Gasteiger partial charge in [-0.2, -0.15) is 4.37 Å². The van der Waals surface area contributed by atoms with Crippen LogP contribution in [0.15, 0.2) is 18.2 Å². The van der Waals surface area contributed by atoms with Crippen molar-refractivity contribution in [2.45, 2.75) is 32.2 Å². The second-order valence-corrected chi connectivity index (χ2v) is 5.88. The molecular weight excluding hydrogens is 261 g/mol. The standard InChI is InChI=1S/C14H16FN3S/c1-9-3-4-10(7-12(9)15)8-18(2)14-16-13(17-19-14)11-5-6-11/h3-4,7,11H,5-6,8H2,1-2H3. The first-order valence-corrected chi connectivity index (χ1v) is 7.20. The van der Waals surface area contributed by atoms with Crippen LogP contribution in [0.1, 0.15) is 35.7 Å². The Hall–Kier alpha value is -1.49. The number of hydrogen-bond donors (Lipinski definition) is 0. The smallest absolute Gasteiger partial charge is 0.205 e. The van der Waals surface area contributed by atoms with Crippen molar-refractivity contribution in [1.82, 2.24) is 9.36 Å². The summed E-state index contributed by atoms with van der Waals surface area (Å²) in [5.74, 6) is 1.40. The molecule has 0 amide bonds. The van der Waals surface area contributed by atoms with E-state index < -0.39 is 0 Å². The minimum Gasteiger partial charge on any atom is -0.346 e. The molecule has 2 aromatic rings. The molecule has 3 nitrogen and oxygen atoms in total. The van der Waals surface area contributed by atoms with Crippen molar-refractivity contribution in [1.29, 1.82) is 0 Å². The zero-order chi connectivity index (χ0) is 13.4. The van der Waals surface area contributed by atoms with Crippen LogP contribution < -0.4 is 4.90 Å². The molecule has 0 unspecified atom stereocenters. The van der Waals surface area contributed by atoms with Gasteiger partial charge < -0.3 is 4.90 Å². The predicted octanol–water partition coefficient (Wildman–Crippen LogP) is 3.50. The van der Waals surface area contributed by atoms with Gasteiger partial charge >= 0.3 is 0 Å². The molecule has 1 aromatic heterocycles. The summed E-state index contributed by atoms with van der Waals surface area (Å²) in [6.07, 6.45) is 2.42. The summed E-state index contributed by atoms with van der Waals surface area (Å²) in [7, 11) is 1.97. The molecule has 0 bridgehead atoms. The molecule has 0 atom stereocenters. The van der Waals surface area contributed by atoms with Crippen molar-refractivity contribution in [3.63, 3.8) is 0 Å². The zero-order valence-corrected chi connectivity index (χ0v) is 11.9. The second-order valence-electron chi connectivity index (χ2n) is 5.15. The summed E-state index contributed by atoms with van der Waals surface area (Å²) >= 11 is 1.42. The number of hydrogen-bond acceptors (Lipinski definition) is 4. The van der Waals surface area contributed by atoms with Crippen molar-refractivity contribution in [3.05, 3.63) is 41.0 Å². The summed E-state index contributed by atoms with van der Waals surface area (Å²) in [6, 6.07) is 5.36. The molecule has 100 valence electrons. The van der Waals surface area contributed by atoms with Gasteiger partial charge in [0.2, 0.25) is 5.13 Å². The Morgan fingerprint density at radius 2 is 2.21 bits per heavy atom. The predicted molar refractivity (Wildman–Crippen MR) is 75.1 cm³/mol. The molecular formula is C14H16FN3S. The van der Waals surface area contributed by atoms with Gasteiger partial charge in [-0.15, -0.1) is 0 Å². The third kappa shape index (κ3) is 2.76. The lowest BCUT2D eigenvalue weighted by Gasteiger charge is -2.15. The summed E-state index contributed by atoms with van der Waals surface area (Å²) in [4.78, 5) is 6.57. The first kappa shape index (κ1) is 12.5. The summed E-state index contributed by atoms with van der Waals surface area (Å²) in [6.45, 7) is 2.42. The fourth-order valence-electron chi connectivity index (χ4n) is 1.97. The molecule has 1 saturated carbocycles. The normalized spacial score (nSPS) is 14.7. The van der Waals surface area contributed by atoms with Gasteiger partial charge in [0.05, 0.1) is 0 Å². The van der Waals surface area contributed by atoms with E-state index in [0.29, 0.717) is 18.0 Å². The number of benzene rings is 1. The van der Waals surface area contributed by atoms with Crippen LogP contribution in [0, 0.1) is 12.7 Å². The van der Waals surface area contributed by atoms with Crippen LogP contribution in [0.3, 0.4) is 0 Å². The number of halogens is 1. The van der Waals surface area contributed by atoms with Crippen molar-refractivity contribution >= 4 is 16.7 Å². The van der Waals surface area contributed by atoms with Gasteiger partial charge in [0.1, 0.15) is 11.6 Å². The highest BCUT2D eigenvalue weighted by Gasteiger charge is 2.28. The van der Waals surface area contributed by atoms with E-state index >= 15 is 0 Å². The summed E-state index contributed by atoms with van der Waals surface area (Å²) < 4.78 is 17.9. The summed E-state index contributed by atoms with van der Waals surface area (Å²) in [5.41, 5.74) is 1.63. The Kier molecular flexibility index (Phi) is 3.22. The van der Waals surface area contributed by atoms with Crippen LogP contribution in [0.2, 0.25) is 0 Å². The van der Waals surface area contributed by atoms with Gasteiger partial charge in [0, 0.05) is 31.0 Å². The van der Waals surface area contributed by atoms with Gasteiger partial charge in [0.25, 0.3) is 0 Å². The van der Waals surface area contributed by atoms with E-state index in [1.165, 1.54) is 24.4 Å². The SMILES string of the molecule is Cc1ccc(CN(C)c2nc(C3CC3)ns2)cc1F. The van der Waals surface area contributed by atoms with Crippen molar-refractivity contribution in [2.24, 2.45) is 0 Å². The number of nitrogens with zero attached hydrogens (tertiary/aromatic N) is 3. The van der Waals surface area contributed by atoms with Crippen LogP contribution in [0.25, 0.3) is 0 Å². The maximum atomic E-state index is 13.5. The molecule has 0 N–H and O–H groups in total. The van der Waals surface area contributed by atoms with Gasteiger partial charge in [-0.1, -0.05) is 12.1 Å². The molecule has 1 aromatic carbocycles. The summed E-state index contributed by atoms with van der Waals surface area (Å²) in [5, 5.41) is 0.905. The van der Waals surface area contributed by atoms with Gasteiger partial charge in [-0.25, -0.2) is 9.37 Å². The average molecular weight is 277 g/mol. The number of anilines is 1. The highest BCUT2D eigenvalue weighted by molar-refractivity contribution is 7.09. The highest BCUT2D eigenvalue weighted by Crippen LogP contribution is 2.39. The van der Waals surface area contributed by atoms with E-state index in [9.17, 15) is 4.39 Å². The minimum atomic E-state index is -0.151. The molecule has 0 saturated heterocycles. The largest absolute Gasteiger partial charge is 0.346 e. The van der Waals surface area contributed by atoms with Gasteiger partial charge in [-0.3, -0.25) is 0 Å². The first-order chi connectivity index (χ1) is 9.13. The molecule has 0 aliphatic heterocycles. The van der Waals surface area contributed by atoms with Crippen LogP contribution in [0.5, 0.6) is 0 Å². The third-order valence-corrected chi connectivity index (χ3v) is 4.20. The quantitative estimate of drug-likeness (QED) is 0.856. The van der Waals surface area contributed by atoms with Gasteiger partial charge in [-0.05, 0) is 37.0 Å². The molecule has 0 spiro atoms. The monoisotopic (exact) mass is 277 g/mol. The maximum absolute atomic E-state index is 13.5. The van der Waals surface area contributed by atoms with Crippen LogP contribution >= 0.6 is 11.5 Å². The van der Waals surface area contributed by atoms with E-state index in [-0.39, 0.29) is 5.82 Å². The van der Waals surface area contributed by atoms with Crippen LogP contribution in [-0.4, -0.2) is 16.4 Å². The topological polar surface area (TPSA) is 29.0 Å². The van der Waals surface area contributed by atoms with E-state index in [1.54, 1.807) is 13.0 Å². The van der Waals surface area contributed by atoms with Crippen LogP contribution in [-0.2, 0) is 6.54 Å². The lowest BCUT2D eigenvalue weighted by Crippen LogP contribution is -2.16. The first-order valence-electron chi connectivity index (χ1n) is 6.43. The maximum Gasteiger partial charge on any atom is 0.205 e. The Morgan fingerprint density at radius 1 is 1.42 bits per heavy atom. The molecule has 1 fully saturated rings. The van der Waals surface area contributed by atoms with E-state index in [0.717, 1.165) is 16.5 Å². The molecule has 5 heteroatoms. The molecule has 0 radical (unpaired) electrons. The molecule has 1 heterocycles. The van der Waals surface area contributed by atoms with E-state index in [1.807, 2.05) is 24.1 Å². The molecule has 19 heavy (non-hydrogen) atoms. The molecule has 3 rings (SSSR count). The van der Waals surface area contributed by atoms with Crippen molar-refractivity contribution in [2.75, 3.05) is 11.9 Å². The average Bonchev–Trinajstić information content (AvgIpc) is 3.11.